The van der Waals surface area contributed by atoms with Crippen molar-refractivity contribution < 1.29 is 13.9 Å². The van der Waals surface area contributed by atoms with Crippen molar-refractivity contribution >= 4 is 0 Å². The molecule has 1 saturated heterocycles. The summed E-state index contributed by atoms with van der Waals surface area (Å²) in [5, 5.41) is 0. The summed E-state index contributed by atoms with van der Waals surface area (Å²) in [6.45, 7) is 2.99. The van der Waals surface area contributed by atoms with Crippen LogP contribution in [0, 0.1) is 11.7 Å². The first-order chi connectivity index (χ1) is 8.76. The predicted octanol–water partition coefficient (Wildman–Crippen LogP) is 3.33. The minimum absolute atomic E-state index is 0.112. The van der Waals surface area contributed by atoms with Gasteiger partial charge in [0.1, 0.15) is 17.7 Å². The lowest BCUT2D eigenvalue weighted by molar-refractivity contribution is -0.0112. The zero-order valence-corrected chi connectivity index (χ0v) is 10.7. The summed E-state index contributed by atoms with van der Waals surface area (Å²) in [6.07, 6.45) is 4.44. The van der Waals surface area contributed by atoms with Crippen molar-refractivity contribution in [1.82, 2.24) is 0 Å². The lowest BCUT2D eigenvalue weighted by Crippen LogP contribution is -2.31. The molecular weight excluding hydrogens is 231 g/mol. The minimum atomic E-state index is -0.228. The topological polar surface area (TPSA) is 18.5 Å². The Morgan fingerprint density at radius 3 is 2.94 bits per heavy atom. The Morgan fingerprint density at radius 1 is 1.39 bits per heavy atom. The molecule has 0 N–H and O–H groups in total. The van der Waals surface area contributed by atoms with E-state index in [-0.39, 0.29) is 18.0 Å². The summed E-state index contributed by atoms with van der Waals surface area (Å²) < 4.78 is 25.0. The highest BCUT2D eigenvalue weighted by Gasteiger charge is 2.42. The third-order valence-electron chi connectivity index (χ3n) is 3.92. The van der Waals surface area contributed by atoms with Crippen LogP contribution in [0.1, 0.15) is 31.7 Å². The van der Waals surface area contributed by atoms with E-state index in [1.807, 2.05) is 6.07 Å². The van der Waals surface area contributed by atoms with E-state index in [9.17, 15) is 4.39 Å². The van der Waals surface area contributed by atoms with Gasteiger partial charge in [0, 0.05) is 6.07 Å². The van der Waals surface area contributed by atoms with Crippen LogP contribution in [0.3, 0.4) is 0 Å². The monoisotopic (exact) mass is 250 g/mol. The van der Waals surface area contributed by atoms with E-state index in [1.54, 1.807) is 0 Å². The molecule has 0 aromatic heterocycles. The predicted molar refractivity (Wildman–Crippen MR) is 67.3 cm³/mol. The average Bonchev–Trinajstić information content (AvgIpc) is 2.95. The normalized spacial score (nSPS) is 29.8. The van der Waals surface area contributed by atoms with Crippen LogP contribution in [0.5, 0.6) is 5.75 Å². The van der Waals surface area contributed by atoms with Gasteiger partial charge in [0.25, 0.3) is 0 Å². The van der Waals surface area contributed by atoms with Crippen LogP contribution in [-0.2, 0) is 11.2 Å². The highest BCUT2D eigenvalue weighted by atomic mass is 19.1. The molecule has 0 spiro atoms. The molecule has 1 aromatic rings. The van der Waals surface area contributed by atoms with Gasteiger partial charge in [-0.25, -0.2) is 4.39 Å². The van der Waals surface area contributed by atoms with Crippen LogP contribution in [-0.4, -0.2) is 18.8 Å². The van der Waals surface area contributed by atoms with Crippen molar-refractivity contribution in [3.8, 4) is 5.75 Å². The maximum atomic E-state index is 13.3. The van der Waals surface area contributed by atoms with Gasteiger partial charge in [-0.05, 0) is 36.8 Å². The number of hydrogen-bond donors (Lipinski definition) is 0. The van der Waals surface area contributed by atoms with E-state index in [0.717, 1.165) is 37.9 Å². The molecule has 18 heavy (non-hydrogen) atoms. The van der Waals surface area contributed by atoms with Crippen LogP contribution < -0.4 is 4.74 Å². The van der Waals surface area contributed by atoms with Crippen LogP contribution in [0.4, 0.5) is 4.39 Å². The molecule has 1 aromatic carbocycles. The summed E-state index contributed by atoms with van der Waals surface area (Å²) in [6, 6.07) is 4.86. The van der Waals surface area contributed by atoms with E-state index in [1.165, 1.54) is 12.1 Å². The quantitative estimate of drug-likeness (QED) is 0.816. The first-order valence-electron chi connectivity index (χ1n) is 6.83. The molecular formula is C15H19FO2. The van der Waals surface area contributed by atoms with E-state index in [4.69, 9.17) is 9.47 Å². The molecule has 1 aliphatic heterocycles. The largest absolute Gasteiger partial charge is 0.487 e. The van der Waals surface area contributed by atoms with Crippen molar-refractivity contribution in [1.29, 1.82) is 0 Å². The summed E-state index contributed by atoms with van der Waals surface area (Å²) in [4.78, 5) is 0. The van der Waals surface area contributed by atoms with Crippen LogP contribution in [0.25, 0.3) is 0 Å². The van der Waals surface area contributed by atoms with Gasteiger partial charge < -0.3 is 9.47 Å². The zero-order chi connectivity index (χ0) is 12.5. The van der Waals surface area contributed by atoms with E-state index in [0.29, 0.717) is 11.7 Å². The number of rotatable bonds is 4. The fraction of sp³-hybridized carbons (Fsp3) is 0.600. The maximum Gasteiger partial charge on any atom is 0.126 e. The van der Waals surface area contributed by atoms with Gasteiger partial charge in [0.05, 0.1) is 12.7 Å². The van der Waals surface area contributed by atoms with Crippen molar-refractivity contribution in [3.63, 3.8) is 0 Å². The van der Waals surface area contributed by atoms with Crippen molar-refractivity contribution in [2.45, 2.75) is 44.8 Å². The van der Waals surface area contributed by atoms with Crippen LogP contribution >= 0.6 is 0 Å². The van der Waals surface area contributed by atoms with Gasteiger partial charge in [-0.15, -0.1) is 0 Å². The lowest BCUT2D eigenvalue weighted by atomic mass is 10.1. The number of aryl methyl sites for hydroxylation is 1. The Hall–Kier alpha value is -1.09. The van der Waals surface area contributed by atoms with E-state index >= 15 is 0 Å². The molecule has 2 fully saturated rings. The Kier molecular flexibility index (Phi) is 3.25. The fourth-order valence-electron chi connectivity index (χ4n) is 3.03. The first-order valence-corrected chi connectivity index (χ1v) is 6.83. The Morgan fingerprint density at radius 2 is 2.28 bits per heavy atom. The zero-order valence-electron chi connectivity index (χ0n) is 10.7. The molecule has 98 valence electrons. The van der Waals surface area contributed by atoms with E-state index in [2.05, 4.69) is 6.92 Å². The molecule has 2 bridgehead atoms. The van der Waals surface area contributed by atoms with Gasteiger partial charge in [-0.3, -0.25) is 0 Å². The van der Waals surface area contributed by atoms with Gasteiger partial charge in [0.2, 0.25) is 0 Å². The molecule has 3 rings (SSSR count). The van der Waals surface area contributed by atoms with Gasteiger partial charge in [0.15, 0.2) is 0 Å². The van der Waals surface area contributed by atoms with Crippen molar-refractivity contribution in [3.05, 3.63) is 29.6 Å². The summed E-state index contributed by atoms with van der Waals surface area (Å²) in [5.74, 6) is 1.12. The molecule has 3 heteroatoms. The van der Waals surface area contributed by atoms with Gasteiger partial charge in [-0.2, -0.15) is 0 Å². The second kappa shape index (κ2) is 4.88. The number of ether oxygens (including phenoxy) is 2. The molecule has 0 radical (unpaired) electrons. The standard InChI is InChI=1S/C15H19FO2/c1-2-3-11-4-5-12(16)8-13(11)18-15-7-10-6-14(15)17-9-10/h4-5,8,10,14-15H,2-3,6-7,9H2,1H3. The Bertz CT molecular complexity index is 433. The molecule has 3 atom stereocenters. The molecule has 1 aliphatic carbocycles. The van der Waals surface area contributed by atoms with Crippen molar-refractivity contribution in [2.24, 2.45) is 5.92 Å². The SMILES string of the molecule is CCCc1ccc(F)cc1OC1CC2COC1C2. The molecule has 0 amide bonds. The van der Waals surface area contributed by atoms with Gasteiger partial charge in [-0.1, -0.05) is 19.4 Å². The smallest absolute Gasteiger partial charge is 0.126 e. The molecule has 3 unspecified atom stereocenters. The number of benzene rings is 1. The van der Waals surface area contributed by atoms with Crippen LogP contribution in [0.2, 0.25) is 0 Å². The van der Waals surface area contributed by atoms with Crippen LogP contribution in [0.15, 0.2) is 18.2 Å². The number of fused-ring (bicyclic) bond motifs is 2. The number of hydrogen-bond acceptors (Lipinski definition) is 2. The highest BCUT2D eigenvalue weighted by molar-refractivity contribution is 5.34. The highest BCUT2D eigenvalue weighted by Crippen LogP contribution is 2.38. The summed E-state index contributed by atoms with van der Waals surface area (Å²) >= 11 is 0. The molecule has 2 nitrogen and oxygen atoms in total. The summed E-state index contributed by atoms with van der Waals surface area (Å²) in [5.41, 5.74) is 1.10. The van der Waals surface area contributed by atoms with E-state index < -0.39 is 0 Å². The third kappa shape index (κ3) is 2.24. The third-order valence-corrected chi connectivity index (χ3v) is 3.92. The lowest BCUT2D eigenvalue weighted by Gasteiger charge is -2.24. The fourth-order valence-corrected chi connectivity index (χ4v) is 3.03. The second-order valence-electron chi connectivity index (χ2n) is 5.37. The average molecular weight is 250 g/mol. The maximum absolute atomic E-state index is 13.3. The van der Waals surface area contributed by atoms with Crippen molar-refractivity contribution in [2.75, 3.05) is 6.61 Å². The Balaban J connectivity index is 1.76. The molecule has 1 heterocycles. The second-order valence-corrected chi connectivity index (χ2v) is 5.37. The van der Waals surface area contributed by atoms with Gasteiger partial charge >= 0.3 is 0 Å². The Labute approximate surface area is 107 Å². The first kappa shape index (κ1) is 12.0. The number of halogens is 1. The summed E-state index contributed by atoms with van der Waals surface area (Å²) in [7, 11) is 0. The minimum Gasteiger partial charge on any atom is -0.487 e. The molecule has 1 saturated carbocycles. The molecule has 2 aliphatic rings.